The Morgan fingerprint density at radius 3 is 0.928 bits per heavy atom. The van der Waals surface area contributed by atoms with Crippen molar-refractivity contribution in [3.63, 3.8) is 0 Å². The number of nitrogens with two attached hydrogens (primary N) is 1. The van der Waals surface area contributed by atoms with Gasteiger partial charge in [-0.1, -0.05) is 318 Å². The van der Waals surface area contributed by atoms with E-state index < -0.39 is 26.5 Å². The number of hydrogen-bond acceptors (Lipinski definition) is 8. The maximum Gasteiger partial charge on any atom is 0.472 e. The highest BCUT2D eigenvalue weighted by Gasteiger charge is 2.26. The Hall–Kier alpha value is -2.55. The molecule has 0 aromatic rings. The predicted octanol–water partition coefficient (Wildman–Crippen LogP) is 23.2. The van der Waals surface area contributed by atoms with Crippen molar-refractivity contribution < 1.29 is 37.6 Å². The van der Waals surface area contributed by atoms with Crippen molar-refractivity contribution in [3.8, 4) is 0 Å². The lowest BCUT2D eigenvalue weighted by atomic mass is 10.0. The SMILES string of the molecule is CCCCCCC/C=C\C/C=C\C/C=C\CCCCCCCCCCCCCCCCCCCCC(=O)OC(COC(=O)CCCCCCCCCCCCCCCC/C=C\C/C=C\C/C=C\CCCCCCC)COP(=O)(O)OCCN. The van der Waals surface area contributed by atoms with Crippen LogP contribution >= 0.6 is 7.82 Å². The molecule has 3 N–H and O–H groups in total. The number of ether oxygens (including phenoxy) is 2. The van der Waals surface area contributed by atoms with E-state index in [2.05, 4.69) is 86.8 Å². The summed E-state index contributed by atoms with van der Waals surface area (Å²) in [7, 11) is -4.39. The lowest BCUT2D eigenvalue weighted by Crippen LogP contribution is -2.29. The summed E-state index contributed by atoms with van der Waals surface area (Å²) in [6, 6.07) is 0. The highest BCUT2D eigenvalue weighted by molar-refractivity contribution is 7.47. The van der Waals surface area contributed by atoms with Crippen LogP contribution in [0.3, 0.4) is 0 Å². The lowest BCUT2D eigenvalue weighted by Gasteiger charge is -2.19. The molecule has 0 aromatic heterocycles. The van der Waals surface area contributed by atoms with Gasteiger partial charge >= 0.3 is 19.8 Å². The zero-order valence-corrected chi connectivity index (χ0v) is 55.3. The summed E-state index contributed by atoms with van der Waals surface area (Å²) < 4.78 is 33.2. The minimum Gasteiger partial charge on any atom is -0.462 e. The van der Waals surface area contributed by atoms with Gasteiger partial charge in [0.15, 0.2) is 6.10 Å². The second kappa shape index (κ2) is 68.6. The maximum atomic E-state index is 12.8. The number of carbonyl (C=O) groups excluding carboxylic acids is 2. The Morgan fingerprint density at radius 1 is 0.361 bits per heavy atom. The molecule has 0 aliphatic carbocycles. The molecular weight excluding hydrogens is 1050 g/mol. The van der Waals surface area contributed by atoms with E-state index in [4.69, 9.17) is 24.3 Å². The third-order valence-electron chi connectivity index (χ3n) is 15.6. The summed E-state index contributed by atoms with van der Waals surface area (Å²) in [6.45, 7) is 3.77. The molecule has 0 amide bonds. The number of esters is 2. The van der Waals surface area contributed by atoms with E-state index in [0.29, 0.717) is 6.42 Å². The first-order chi connectivity index (χ1) is 40.8. The fourth-order valence-corrected chi connectivity index (χ4v) is 11.1. The third-order valence-corrected chi connectivity index (χ3v) is 16.5. The fraction of sp³-hybridized carbons (Fsp3) is 0.808. The Bertz CT molecular complexity index is 1590. The molecule has 0 fully saturated rings. The molecule has 0 rings (SSSR count). The normalized spacial score (nSPS) is 13.3. The average molecular weight is 1180 g/mol. The van der Waals surface area contributed by atoms with Crippen molar-refractivity contribution in [2.45, 2.75) is 354 Å². The molecule has 0 aromatic carbocycles. The highest BCUT2D eigenvalue weighted by atomic mass is 31.2. The van der Waals surface area contributed by atoms with Crippen molar-refractivity contribution in [2.75, 3.05) is 26.4 Å². The van der Waals surface area contributed by atoms with Crippen molar-refractivity contribution in [3.05, 3.63) is 72.9 Å². The van der Waals surface area contributed by atoms with Crippen LogP contribution in [0.1, 0.15) is 348 Å². The first-order valence-corrected chi connectivity index (χ1v) is 36.9. The number of carbonyl (C=O) groups is 2. The van der Waals surface area contributed by atoms with Crippen molar-refractivity contribution in [1.29, 1.82) is 0 Å². The molecule has 10 heteroatoms. The quantitative estimate of drug-likeness (QED) is 0.0264. The largest absolute Gasteiger partial charge is 0.472 e. The van der Waals surface area contributed by atoms with Gasteiger partial charge in [-0.25, -0.2) is 4.57 Å². The third kappa shape index (κ3) is 68.4. The molecule has 9 nitrogen and oxygen atoms in total. The molecule has 2 atom stereocenters. The summed E-state index contributed by atoms with van der Waals surface area (Å²) >= 11 is 0. The van der Waals surface area contributed by atoms with Gasteiger partial charge in [0.25, 0.3) is 0 Å². The maximum absolute atomic E-state index is 12.8. The van der Waals surface area contributed by atoms with Crippen LogP contribution in [-0.4, -0.2) is 49.3 Å². The molecule has 0 bridgehead atoms. The molecule has 2 unspecified atom stereocenters. The van der Waals surface area contributed by atoms with Gasteiger partial charge in [-0.15, -0.1) is 0 Å². The minimum atomic E-state index is -4.39. The predicted molar refractivity (Wildman–Crippen MR) is 358 cm³/mol. The van der Waals surface area contributed by atoms with E-state index in [1.807, 2.05) is 0 Å². The minimum absolute atomic E-state index is 0.0529. The van der Waals surface area contributed by atoms with Crippen LogP contribution < -0.4 is 5.73 Å². The Morgan fingerprint density at radius 2 is 0.627 bits per heavy atom. The van der Waals surface area contributed by atoms with Crippen LogP contribution in [0.15, 0.2) is 72.9 Å². The molecule has 83 heavy (non-hydrogen) atoms. The molecule has 0 aliphatic heterocycles. The number of rotatable bonds is 67. The van der Waals surface area contributed by atoms with Gasteiger partial charge < -0.3 is 20.1 Å². The van der Waals surface area contributed by atoms with Crippen LogP contribution in [-0.2, 0) is 32.7 Å². The van der Waals surface area contributed by atoms with Crippen LogP contribution in [0.2, 0.25) is 0 Å². The molecule has 0 spiro atoms. The van der Waals surface area contributed by atoms with E-state index >= 15 is 0 Å². The zero-order valence-electron chi connectivity index (χ0n) is 54.4. The van der Waals surface area contributed by atoms with Gasteiger partial charge in [-0.05, 0) is 89.9 Å². The molecule has 0 aliphatic rings. The lowest BCUT2D eigenvalue weighted by molar-refractivity contribution is -0.161. The Balaban J connectivity index is 3.86. The van der Waals surface area contributed by atoms with Crippen molar-refractivity contribution >= 4 is 19.8 Å². The second-order valence-electron chi connectivity index (χ2n) is 23.7. The molecular formula is C73H134NO8P. The standard InChI is InChI=1S/C73H134NO8P/c1-3-5-7-9-11-13-15-17-19-21-23-25-27-29-31-33-34-35-36-38-40-42-44-46-48-50-52-54-56-58-60-62-64-66-73(76)82-71(70-81-83(77,78)80-68-67-74)69-79-72(75)65-63-61-59-57-55-53-51-49-47-45-43-41-39-37-32-30-28-26-24-22-20-18-16-14-12-10-8-6-4-2/h15-18,21-24,27-30,71H,3-14,19-20,25-26,31-70,74H2,1-2H3,(H,77,78)/b17-15-,18-16-,23-21-,24-22-,29-27-,30-28-. The molecule has 0 radical (unpaired) electrons. The van der Waals surface area contributed by atoms with E-state index in [1.54, 1.807) is 0 Å². The van der Waals surface area contributed by atoms with Crippen molar-refractivity contribution in [2.24, 2.45) is 5.73 Å². The van der Waals surface area contributed by atoms with Crippen LogP contribution in [0, 0.1) is 0 Å². The topological polar surface area (TPSA) is 134 Å². The first-order valence-electron chi connectivity index (χ1n) is 35.4. The molecule has 484 valence electrons. The number of hydrogen-bond donors (Lipinski definition) is 2. The summed E-state index contributed by atoms with van der Waals surface area (Å²) in [5.41, 5.74) is 5.40. The fourth-order valence-electron chi connectivity index (χ4n) is 10.3. The van der Waals surface area contributed by atoms with Gasteiger partial charge in [0.05, 0.1) is 13.2 Å². The van der Waals surface area contributed by atoms with Crippen molar-refractivity contribution in [1.82, 2.24) is 0 Å². The Kier molecular flexibility index (Phi) is 66.5. The summed E-state index contributed by atoms with van der Waals surface area (Å²) in [6.07, 6.45) is 89.9. The average Bonchev–Trinajstić information content (AvgIpc) is 3.49. The van der Waals surface area contributed by atoms with Gasteiger partial charge in [0, 0.05) is 19.4 Å². The summed E-state index contributed by atoms with van der Waals surface area (Å²) in [4.78, 5) is 35.4. The van der Waals surface area contributed by atoms with E-state index in [9.17, 15) is 19.0 Å². The van der Waals surface area contributed by atoms with E-state index in [0.717, 1.165) is 57.8 Å². The smallest absolute Gasteiger partial charge is 0.462 e. The van der Waals surface area contributed by atoms with Gasteiger partial charge in [0.2, 0.25) is 0 Å². The molecule has 0 saturated heterocycles. The number of phosphoric ester groups is 1. The first kappa shape index (κ1) is 80.5. The van der Waals surface area contributed by atoms with Gasteiger partial charge in [0.1, 0.15) is 6.61 Å². The number of unbranched alkanes of at least 4 members (excludes halogenated alkanes) is 42. The number of phosphoric acid groups is 1. The van der Waals surface area contributed by atoms with E-state index in [1.165, 1.54) is 257 Å². The van der Waals surface area contributed by atoms with E-state index in [-0.39, 0.29) is 38.6 Å². The number of allylic oxidation sites excluding steroid dienone is 12. The zero-order chi connectivity index (χ0) is 60.1. The summed E-state index contributed by atoms with van der Waals surface area (Å²) in [5, 5.41) is 0. The van der Waals surface area contributed by atoms with Gasteiger partial charge in [-0.2, -0.15) is 0 Å². The molecule has 0 heterocycles. The van der Waals surface area contributed by atoms with Crippen LogP contribution in [0.4, 0.5) is 0 Å². The van der Waals surface area contributed by atoms with Gasteiger partial charge in [-0.3, -0.25) is 18.6 Å². The summed E-state index contributed by atoms with van der Waals surface area (Å²) in [5.74, 6) is -0.815. The Labute approximate surface area is 513 Å². The van der Waals surface area contributed by atoms with Crippen LogP contribution in [0.5, 0.6) is 0 Å². The molecule has 0 saturated carbocycles. The highest BCUT2D eigenvalue weighted by Crippen LogP contribution is 2.43. The second-order valence-corrected chi connectivity index (χ2v) is 25.2. The monoisotopic (exact) mass is 1180 g/mol. The van der Waals surface area contributed by atoms with Crippen LogP contribution in [0.25, 0.3) is 0 Å².